The molecule has 104 valence electrons. The molecular weight excluding hydrogens is 390 g/mol. The van der Waals surface area contributed by atoms with Gasteiger partial charge < -0.3 is 5.32 Å². The maximum Gasteiger partial charge on any atom is 0.0738 e. The monoisotopic (exact) mass is 405 g/mol. The number of halogens is 2. The van der Waals surface area contributed by atoms with Crippen molar-refractivity contribution in [1.29, 1.82) is 0 Å². The van der Waals surface area contributed by atoms with Crippen LogP contribution in [-0.4, -0.2) is 16.8 Å². The van der Waals surface area contributed by atoms with Crippen molar-refractivity contribution in [3.05, 3.63) is 36.7 Å². The van der Waals surface area contributed by atoms with Crippen molar-refractivity contribution in [2.45, 2.75) is 32.9 Å². The number of aromatic nitrogens is 2. The van der Waals surface area contributed by atoms with E-state index in [0.717, 1.165) is 23.1 Å². The number of aryl methyl sites for hydroxylation is 2. The van der Waals surface area contributed by atoms with E-state index in [9.17, 15) is 0 Å². The van der Waals surface area contributed by atoms with Crippen LogP contribution in [0, 0.1) is 6.92 Å². The molecule has 6 heteroatoms. The van der Waals surface area contributed by atoms with Crippen molar-refractivity contribution in [2.75, 3.05) is 7.05 Å². The standard InChI is InChI=1S/C13H17Br2N3S/c1-4-18-11(13(15)8(2)17-18)6-10(16-3)9-5-12(14)19-7-9/h5,7,10,16H,4,6H2,1-3H3. The van der Waals surface area contributed by atoms with Crippen LogP contribution in [0.5, 0.6) is 0 Å². The Kier molecular flexibility index (Phi) is 5.22. The zero-order valence-corrected chi connectivity index (χ0v) is 15.2. The molecule has 1 unspecified atom stereocenters. The number of nitrogens with zero attached hydrogens (tertiary/aromatic N) is 2. The van der Waals surface area contributed by atoms with Gasteiger partial charge in [0.05, 0.1) is 19.6 Å². The van der Waals surface area contributed by atoms with Crippen molar-refractivity contribution in [3.63, 3.8) is 0 Å². The van der Waals surface area contributed by atoms with E-state index < -0.39 is 0 Å². The fourth-order valence-electron chi connectivity index (χ4n) is 2.15. The molecule has 0 amide bonds. The molecule has 2 aromatic rings. The van der Waals surface area contributed by atoms with Gasteiger partial charge in [-0.1, -0.05) is 0 Å². The fraction of sp³-hybridized carbons (Fsp3) is 0.462. The van der Waals surface area contributed by atoms with Crippen LogP contribution in [0.15, 0.2) is 19.7 Å². The van der Waals surface area contributed by atoms with E-state index >= 15 is 0 Å². The Hall–Kier alpha value is -0.170. The molecule has 3 nitrogen and oxygen atoms in total. The lowest BCUT2D eigenvalue weighted by molar-refractivity contribution is 0.541. The number of nitrogens with one attached hydrogen (secondary N) is 1. The molecule has 0 aliphatic heterocycles. The number of hydrogen-bond donors (Lipinski definition) is 1. The summed E-state index contributed by atoms with van der Waals surface area (Å²) in [5.74, 6) is 0. The molecule has 2 aromatic heterocycles. The summed E-state index contributed by atoms with van der Waals surface area (Å²) in [5.41, 5.74) is 3.62. The molecule has 0 saturated carbocycles. The summed E-state index contributed by atoms with van der Waals surface area (Å²) in [6.07, 6.45) is 0.926. The Labute approximate surface area is 134 Å². The molecule has 0 aliphatic rings. The van der Waals surface area contributed by atoms with Gasteiger partial charge in [-0.05, 0) is 69.8 Å². The van der Waals surface area contributed by atoms with Gasteiger partial charge >= 0.3 is 0 Å². The summed E-state index contributed by atoms with van der Waals surface area (Å²) >= 11 is 8.91. The van der Waals surface area contributed by atoms with Crippen LogP contribution in [0.25, 0.3) is 0 Å². The van der Waals surface area contributed by atoms with Gasteiger partial charge in [0.2, 0.25) is 0 Å². The number of thiophene rings is 1. The predicted octanol–water partition coefficient (Wildman–Crippen LogP) is 4.30. The van der Waals surface area contributed by atoms with Crippen LogP contribution in [0.2, 0.25) is 0 Å². The van der Waals surface area contributed by atoms with Crippen LogP contribution >= 0.6 is 43.2 Å². The van der Waals surface area contributed by atoms with Crippen molar-refractivity contribution < 1.29 is 0 Å². The van der Waals surface area contributed by atoms with Gasteiger partial charge in [-0.3, -0.25) is 4.68 Å². The van der Waals surface area contributed by atoms with E-state index in [1.54, 1.807) is 11.3 Å². The zero-order chi connectivity index (χ0) is 14.0. The molecule has 1 atom stereocenters. The zero-order valence-electron chi connectivity index (χ0n) is 11.2. The van der Waals surface area contributed by atoms with E-state index in [1.165, 1.54) is 15.0 Å². The third-order valence-corrected chi connectivity index (χ3v) is 5.74. The van der Waals surface area contributed by atoms with Gasteiger partial charge in [-0.25, -0.2) is 0 Å². The highest BCUT2D eigenvalue weighted by molar-refractivity contribution is 9.11. The number of likely N-dealkylation sites (N-methyl/N-ethyl adjacent to an activating group) is 1. The average molecular weight is 407 g/mol. The first-order chi connectivity index (χ1) is 9.06. The molecule has 0 aromatic carbocycles. The van der Waals surface area contributed by atoms with Crippen molar-refractivity contribution in [3.8, 4) is 0 Å². The SMILES string of the molecule is CCn1nc(C)c(Br)c1CC(NC)c1csc(Br)c1. The van der Waals surface area contributed by atoms with Gasteiger partial charge in [0, 0.05) is 19.0 Å². The third kappa shape index (κ3) is 3.29. The molecule has 1 N–H and O–H groups in total. The first kappa shape index (κ1) is 15.2. The third-order valence-electron chi connectivity index (χ3n) is 3.19. The first-order valence-electron chi connectivity index (χ1n) is 6.19. The number of rotatable bonds is 5. The summed E-state index contributed by atoms with van der Waals surface area (Å²) in [6.45, 7) is 5.05. The van der Waals surface area contributed by atoms with E-state index in [1.807, 2.05) is 14.0 Å². The van der Waals surface area contributed by atoms with Crippen molar-refractivity contribution in [1.82, 2.24) is 15.1 Å². The van der Waals surface area contributed by atoms with Gasteiger partial charge in [-0.2, -0.15) is 5.10 Å². The van der Waals surface area contributed by atoms with Crippen LogP contribution in [-0.2, 0) is 13.0 Å². The Morgan fingerprint density at radius 3 is 2.74 bits per heavy atom. The second-order valence-electron chi connectivity index (χ2n) is 4.39. The van der Waals surface area contributed by atoms with E-state index in [0.29, 0.717) is 6.04 Å². The van der Waals surface area contributed by atoms with Gasteiger partial charge in [0.15, 0.2) is 0 Å². The summed E-state index contributed by atoms with van der Waals surface area (Å²) in [4.78, 5) is 0. The highest BCUT2D eigenvalue weighted by atomic mass is 79.9. The summed E-state index contributed by atoms with van der Waals surface area (Å²) in [5, 5.41) is 10.1. The van der Waals surface area contributed by atoms with Gasteiger partial charge in [0.1, 0.15) is 0 Å². The molecule has 2 heterocycles. The van der Waals surface area contributed by atoms with Crippen LogP contribution in [0.1, 0.15) is 29.9 Å². The molecule has 0 spiro atoms. The van der Waals surface area contributed by atoms with E-state index in [-0.39, 0.29) is 0 Å². The Morgan fingerprint density at radius 1 is 1.47 bits per heavy atom. The maximum atomic E-state index is 4.55. The van der Waals surface area contributed by atoms with Crippen molar-refractivity contribution in [2.24, 2.45) is 0 Å². The summed E-state index contributed by atoms with van der Waals surface area (Å²) < 4.78 is 4.37. The first-order valence-corrected chi connectivity index (χ1v) is 8.66. The highest BCUT2D eigenvalue weighted by Gasteiger charge is 2.18. The molecule has 0 aliphatic carbocycles. The number of hydrogen-bond acceptors (Lipinski definition) is 3. The van der Waals surface area contributed by atoms with Crippen LogP contribution in [0.3, 0.4) is 0 Å². The minimum atomic E-state index is 0.306. The van der Waals surface area contributed by atoms with Gasteiger partial charge in [0.25, 0.3) is 0 Å². The fourth-order valence-corrected chi connectivity index (χ4v) is 3.83. The van der Waals surface area contributed by atoms with Gasteiger partial charge in [-0.15, -0.1) is 11.3 Å². The Balaban J connectivity index is 2.28. The quantitative estimate of drug-likeness (QED) is 0.801. The molecule has 0 saturated heterocycles. The van der Waals surface area contributed by atoms with Crippen LogP contribution in [0.4, 0.5) is 0 Å². The normalized spacial score (nSPS) is 12.9. The highest BCUT2D eigenvalue weighted by Crippen LogP contribution is 2.30. The smallest absolute Gasteiger partial charge is 0.0738 e. The lowest BCUT2D eigenvalue weighted by atomic mass is 10.1. The van der Waals surface area contributed by atoms with Crippen LogP contribution < -0.4 is 5.32 Å². The lowest BCUT2D eigenvalue weighted by Gasteiger charge is -2.16. The molecular formula is C13H17Br2N3S. The summed E-state index contributed by atoms with van der Waals surface area (Å²) in [6, 6.07) is 2.49. The van der Waals surface area contributed by atoms with Crippen molar-refractivity contribution >= 4 is 43.2 Å². The molecule has 19 heavy (non-hydrogen) atoms. The molecule has 2 rings (SSSR count). The largest absolute Gasteiger partial charge is 0.313 e. The lowest BCUT2D eigenvalue weighted by Crippen LogP contribution is -2.20. The maximum absolute atomic E-state index is 4.55. The predicted molar refractivity (Wildman–Crippen MR) is 87.9 cm³/mol. The van der Waals surface area contributed by atoms with E-state index in [4.69, 9.17) is 0 Å². The molecule has 0 fully saturated rings. The Morgan fingerprint density at radius 2 is 2.21 bits per heavy atom. The van der Waals surface area contributed by atoms with E-state index in [2.05, 4.69) is 65.3 Å². The minimum Gasteiger partial charge on any atom is -0.313 e. The Bertz CT molecular complexity index is 562. The second kappa shape index (κ2) is 6.52. The topological polar surface area (TPSA) is 29.9 Å². The minimum absolute atomic E-state index is 0.306. The average Bonchev–Trinajstić information content (AvgIpc) is 2.93. The molecule has 0 bridgehead atoms. The summed E-state index contributed by atoms with van der Waals surface area (Å²) in [7, 11) is 2.00. The molecule has 0 radical (unpaired) electrons. The second-order valence-corrected chi connectivity index (χ2v) is 7.47.